The minimum Gasteiger partial charge on any atom is -0.444 e. The summed E-state index contributed by atoms with van der Waals surface area (Å²) in [5.41, 5.74) is 2.48. The SMILES string of the molecule is CC(=O)N[C@H]1CCc2cc(NC(=O)OC(C)(C)C)ccc21. The number of ether oxygens (including phenoxy) is 1. The van der Waals surface area contributed by atoms with Gasteiger partial charge in [0.25, 0.3) is 0 Å². The Morgan fingerprint density at radius 1 is 1.29 bits per heavy atom. The quantitative estimate of drug-likeness (QED) is 0.879. The van der Waals surface area contributed by atoms with Crippen LogP contribution in [-0.2, 0) is 16.0 Å². The molecule has 0 aliphatic heterocycles. The van der Waals surface area contributed by atoms with Crippen molar-refractivity contribution >= 4 is 17.7 Å². The van der Waals surface area contributed by atoms with Gasteiger partial charge in [0.15, 0.2) is 0 Å². The number of amides is 2. The van der Waals surface area contributed by atoms with Crippen LogP contribution in [0.4, 0.5) is 10.5 Å². The highest BCUT2D eigenvalue weighted by atomic mass is 16.6. The number of carbonyl (C=O) groups excluding carboxylic acids is 2. The van der Waals surface area contributed by atoms with Crippen molar-refractivity contribution in [3.8, 4) is 0 Å². The van der Waals surface area contributed by atoms with Gasteiger partial charge in [-0.05, 0) is 56.9 Å². The van der Waals surface area contributed by atoms with Crippen molar-refractivity contribution < 1.29 is 14.3 Å². The predicted molar refractivity (Wildman–Crippen MR) is 81.2 cm³/mol. The molecule has 0 unspecified atom stereocenters. The van der Waals surface area contributed by atoms with Crippen LogP contribution in [-0.4, -0.2) is 17.6 Å². The first kappa shape index (κ1) is 15.4. The third kappa shape index (κ3) is 4.21. The largest absolute Gasteiger partial charge is 0.444 e. The molecule has 0 saturated carbocycles. The van der Waals surface area contributed by atoms with Crippen LogP contribution in [0.15, 0.2) is 18.2 Å². The lowest BCUT2D eigenvalue weighted by Gasteiger charge is -2.20. The van der Waals surface area contributed by atoms with Crippen LogP contribution >= 0.6 is 0 Å². The Hall–Kier alpha value is -2.04. The maximum Gasteiger partial charge on any atom is 0.412 e. The van der Waals surface area contributed by atoms with Crippen molar-refractivity contribution in [2.24, 2.45) is 0 Å². The standard InChI is InChI=1S/C16H22N2O3/c1-10(19)17-14-8-5-11-9-12(6-7-13(11)14)18-15(20)21-16(2,3)4/h6-7,9,14H,5,8H2,1-4H3,(H,17,19)(H,18,20)/t14-/m0/s1. The average molecular weight is 290 g/mol. The molecule has 21 heavy (non-hydrogen) atoms. The first-order chi connectivity index (χ1) is 9.74. The topological polar surface area (TPSA) is 67.4 Å². The predicted octanol–water partition coefficient (Wildman–Crippen LogP) is 3.16. The molecule has 1 aliphatic carbocycles. The monoisotopic (exact) mass is 290 g/mol. The van der Waals surface area contributed by atoms with E-state index in [2.05, 4.69) is 10.6 Å². The van der Waals surface area contributed by atoms with E-state index in [0.29, 0.717) is 5.69 Å². The van der Waals surface area contributed by atoms with Gasteiger partial charge in [-0.3, -0.25) is 10.1 Å². The van der Waals surface area contributed by atoms with E-state index in [4.69, 9.17) is 4.74 Å². The lowest BCUT2D eigenvalue weighted by molar-refractivity contribution is -0.119. The van der Waals surface area contributed by atoms with Crippen molar-refractivity contribution in [1.82, 2.24) is 5.32 Å². The Morgan fingerprint density at radius 2 is 2.00 bits per heavy atom. The molecule has 1 aromatic carbocycles. The second kappa shape index (κ2) is 5.76. The summed E-state index contributed by atoms with van der Waals surface area (Å²) in [6.07, 6.45) is 1.33. The molecule has 1 aromatic rings. The van der Waals surface area contributed by atoms with Gasteiger partial charge in [-0.25, -0.2) is 4.79 Å². The van der Waals surface area contributed by atoms with Crippen LogP contribution in [0.3, 0.4) is 0 Å². The number of fused-ring (bicyclic) bond motifs is 1. The van der Waals surface area contributed by atoms with Crippen LogP contribution < -0.4 is 10.6 Å². The van der Waals surface area contributed by atoms with Gasteiger partial charge in [-0.15, -0.1) is 0 Å². The number of hydrogen-bond acceptors (Lipinski definition) is 3. The van der Waals surface area contributed by atoms with Crippen molar-refractivity contribution in [3.05, 3.63) is 29.3 Å². The zero-order valence-corrected chi connectivity index (χ0v) is 12.9. The van der Waals surface area contributed by atoms with Gasteiger partial charge in [0.05, 0.1) is 6.04 Å². The third-order valence-electron chi connectivity index (χ3n) is 3.24. The van der Waals surface area contributed by atoms with E-state index in [1.54, 1.807) is 0 Å². The summed E-state index contributed by atoms with van der Waals surface area (Å²) < 4.78 is 5.23. The van der Waals surface area contributed by atoms with Crippen molar-refractivity contribution in [3.63, 3.8) is 0 Å². The number of nitrogens with one attached hydrogen (secondary N) is 2. The van der Waals surface area contributed by atoms with Crippen LogP contribution in [0.5, 0.6) is 0 Å². The zero-order valence-electron chi connectivity index (χ0n) is 12.9. The molecular formula is C16H22N2O3. The molecule has 0 fully saturated rings. The number of benzene rings is 1. The van der Waals surface area contributed by atoms with E-state index >= 15 is 0 Å². The molecule has 2 amide bonds. The fraction of sp³-hybridized carbons (Fsp3) is 0.500. The molecule has 1 atom stereocenters. The Morgan fingerprint density at radius 3 is 2.62 bits per heavy atom. The highest BCUT2D eigenvalue weighted by Gasteiger charge is 2.23. The lowest BCUT2D eigenvalue weighted by atomic mass is 10.1. The minimum absolute atomic E-state index is 0.0243. The van der Waals surface area contributed by atoms with Crippen molar-refractivity contribution in [1.29, 1.82) is 0 Å². The molecular weight excluding hydrogens is 268 g/mol. The maximum atomic E-state index is 11.7. The molecule has 0 aromatic heterocycles. The Bertz CT molecular complexity index is 561. The Balaban J connectivity index is 2.06. The highest BCUT2D eigenvalue weighted by molar-refractivity contribution is 5.85. The molecule has 5 nitrogen and oxygen atoms in total. The van der Waals surface area contributed by atoms with Crippen molar-refractivity contribution in [2.45, 2.75) is 52.2 Å². The number of hydrogen-bond donors (Lipinski definition) is 2. The van der Waals surface area contributed by atoms with Gasteiger partial charge in [0.1, 0.15) is 5.60 Å². The first-order valence-electron chi connectivity index (χ1n) is 7.14. The Kier molecular flexibility index (Phi) is 4.21. The molecule has 0 heterocycles. The highest BCUT2D eigenvalue weighted by Crippen LogP contribution is 2.33. The first-order valence-corrected chi connectivity index (χ1v) is 7.14. The summed E-state index contributed by atoms with van der Waals surface area (Å²) in [7, 11) is 0. The number of anilines is 1. The minimum atomic E-state index is -0.517. The number of aryl methyl sites for hydroxylation is 1. The molecule has 114 valence electrons. The average Bonchev–Trinajstić information content (AvgIpc) is 2.68. The van der Waals surface area contributed by atoms with Crippen LogP contribution in [0, 0.1) is 0 Å². The molecule has 0 saturated heterocycles. The van der Waals surface area contributed by atoms with Gasteiger partial charge < -0.3 is 10.1 Å². The molecule has 0 bridgehead atoms. The number of rotatable bonds is 2. The molecule has 1 aliphatic rings. The van der Waals surface area contributed by atoms with Crippen LogP contribution in [0.1, 0.15) is 51.3 Å². The van der Waals surface area contributed by atoms with Gasteiger partial charge in [-0.2, -0.15) is 0 Å². The smallest absolute Gasteiger partial charge is 0.412 e. The van der Waals surface area contributed by atoms with E-state index in [1.165, 1.54) is 6.92 Å². The van der Waals surface area contributed by atoms with E-state index < -0.39 is 11.7 Å². The second-order valence-corrected chi connectivity index (χ2v) is 6.33. The van der Waals surface area contributed by atoms with Gasteiger partial charge in [0, 0.05) is 12.6 Å². The van der Waals surface area contributed by atoms with E-state index in [9.17, 15) is 9.59 Å². The molecule has 5 heteroatoms. The fourth-order valence-corrected chi connectivity index (χ4v) is 2.51. The van der Waals surface area contributed by atoms with Gasteiger partial charge >= 0.3 is 6.09 Å². The summed E-state index contributed by atoms with van der Waals surface area (Å²) >= 11 is 0. The van der Waals surface area contributed by atoms with Crippen LogP contribution in [0.25, 0.3) is 0 Å². The molecule has 0 radical (unpaired) electrons. The summed E-state index contributed by atoms with van der Waals surface area (Å²) in [5.74, 6) is -0.0243. The van der Waals surface area contributed by atoms with E-state index in [1.807, 2.05) is 39.0 Å². The summed E-state index contributed by atoms with van der Waals surface area (Å²) in [5, 5.41) is 5.67. The van der Waals surface area contributed by atoms with Gasteiger partial charge in [0.2, 0.25) is 5.91 Å². The van der Waals surface area contributed by atoms with Crippen LogP contribution in [0.2, 0.25) is 0 Å². The maximum absolute atomic E-state index is 11.7. The summed E-state index contributed by atoms with van der Waals surface area (Å²) in [6, 6.07) is 5.81. The van der Waals surface area contributed by atoms with E-state index in [0.717, 1.165) is 24.0 Å². The summed E-state index contributed by atoms with van der Waals surface area (Å²) in [6.45, 7) is 7.00. The summed E-state index contributed by atoms with van der Waals surface area (Å²) in [4.78, 5) is 22.9. The van der Waals surface area contributed by atoms with Crippen molar-refractivity contribution in [2.75, 3.05) is 5.32 Å². The van der Waals surface area contributed by atoms with E-state index in [-0.39, 0.29) is 11.9 Å². The normalized spacial score (nSPS) is 17.0. The zero-order chi connectivity index (χ0) is 15.6. The second-order valence-electron chi connectivity index (χ2n) is 6.33. The number of carbonyl (C=O) groups is 2. The van der Waals surface area contributed by atoms with Gasteiger partial charge in [-0.1, -0.05) is 6.07 Å². The molecule has 0 spiro atoms. The molecule has 2 rings (SSSR count). The Labute approximate surface area is 125 Å². The molecule has 2 N–H and O–H groups in total. The fourth-order valence-electron chi connectivity index (χ4n) is 2.51. The lowest BCUT2D eigenvalue weighted by Crippen LogP contribution is -2.27. The third-order valence-corrected chi connectivity index (χ3v) is 3.24.